The van der Waals surface area contributed by atoms with E-state index in [1.54, 1.807) is 46.3 Å². The van der Waals surface area contributed by atoms with Gasteiger partial charge in [-0.1, -0.05) is 0 Å². The van der Waals surface area contributed by atoms with Gasteiger partial charge in [0, 0.05) is 14.2 Å². The van der Waals surface area contributed by atoms with Crippen LogP contribution in [0.3, 0.4) is 0 Å². The molecule has 8 heteroatoms. The number of hydrogen-bond donors (Lipinski definition) is 0. The molecule has 0 aliphatic rings. The van der Waals surface area contributed by atoms with E-state index in [2.05, 4.69) is 0 Å². The Labute approximate surface area is 143 Å². The monoisotopic (exact) mass is 362 g/mol. The number of hydrogen-bond acceptors (Lipinski definition) is 7. The summed E-state index contributed by atoms with van der Waals surface area (Å²) in [5.74, 6) is 0.970. The van der Waals surface area contributed by atoms with E-state index in [4.69, 9.17) is 28.0 Å². The summed E-state index contributed by atoms with van der Waals surface area (Å²) in [5, 5.41) is 0.345. The Bertz CT molecular complexity index is 511. The molecule has 0 atom stereocenters. The van der Waals surface area contributed by atoms with E-state index in [9.17, 15) is 4.57 Å². The Balaban J connectivity index is 3.11. The molecule has 0 amide bonds. The highest BCUT2D eigenvalue weighted by Gasteiger charge is 2.31. The van der Waals surface area contributed by atoms with Crippen LogP contribution in [0.15, 0.2) is 18.2 Å². The molecule has 0 saturated carbocycles. The zero-order chi connectivity index (χ0) is 17.8. The first-order valence-corrected chi connectivity index (χ1v) is 9.42. The van der Waals surface area contributed by atoms with Gasteiger partial charge in [0.05, 0.1) is 26.4 Å². The Morgan fingerprint density at radius 2 is 1.46 bits per heavy atom. The van der Waals surface area contributed by atoms with Gasteiger partial charge >= 0.3 is 7.60 Å². The van der Waals surface area contributed by atoms with E-state index >= 15 is 0 Å². The van der Waals surface area contributed by atoms with Gasteiger partial charge in [-0.25, -0.2) is 0 Å². The standard InChI is InChI=1S/C16H27O7P/c1-5-22-24(17,23-6-2)16-13-14(20-11-9-18-3)7-8-15(16)21-12-10-19-4/h7-8,13H,5-6,9-12H2,1-4H3. The smallest absolute Gasteiger partial charge is 0.365 e. The average molecular weight is 362 g/mol. The van der Waals surface area contributed by atoms with Crippen molar-refractivity contribution < 1.29 is 32.6 Å². The molecule has 0 heterocycles. The molecular formula is C16H27O7P. The summed E-state index contributed by atoms with van der Waals surface area (Å²) in [7, 11) is -0.318. The molecule has 1 aromatic rings. The van der Waals surface area contributed by atoms with Gasteiger partial charge in [-0.3, -0.25) is 4.57 Å². The molecule has 0 unspecified atom stereocenters. The molecule has 0 fully saturated rings. The molecule has 0 saturated heterocycles. The fourth-order valence-corrected chi connectivity index (χ4v) is 3.64. The van der Waals surface area contributed by atoms with Crippen molar-refractivity contribution in [3.05, 3.63) is 18.2 Å². The van der Waals surface area contributed by atoms with E-state index < -0.39 is 7.60 Å². The highest BCUT2D eigenvalue weighted by atomic mass is 31.2. The summed E-state index contributed by atoms with van der Waals surface area (Å²) in [4.78, 5) is 0. The van der Waals surface area contributed by atoms with Crippen molar-refractivity contribution in [2.45, 2.75) is 13.8 Å². The maximum Gasteiger partial charge on any atom is 0.365 e. The molecule has 1 aromatic carbocycles. The summed E-state index contributed by atoms with van der Waals surface area (Å²) >= 11 is 0. The van der Waals surface area contributed by atoms with Gasteiger partial charge in [0.25, 0.3) is 0 Å². The van der Waals surface area contributed by atoms with E-state index in [0.717, 1.165) is 0 Å². The third-order valence-electron chi connectivity index (χ3n) is 2.92. The van der Waals surface area contributed by atoms with E-state index in [1.165, 1.54) is 0 Å². The molecule has 0 aromatic heterocycles. The van der Waals surface area contributed by atoms with Crippen LogP contribution in [0.25, 0.3) is 0 Å². The fourth-order valence-electron chi connectivity index (χ4n) is 1.92. The molecule has 0 N–H and O–H groups in total. The number of benzene rings is 1. The third kappa shape index (κ3) is 6.42. The highest BCUT2D eigenvalue weighted by molar-refractivity contribution is 7.62. The van der Waals surface area contributed by atoms with Crippen molar-refractivity contribution in [3.8, 4) is 11.5 Å². The number of ether oxygens (including phenoxy) is 4. The van der Waals surface area contributed by atoms with Gasteiger partial charge in [-0.2, -0.15) is 0 Å². The molecule has 0 aliphatic heterocycles. The molecule has 24 heavy (non-hydrogen) atoms. The van der Waals surface area contributed by atoms with E-state index in [0.29, 0.717) is 43.2 Å². The maximum absolute atomic E-state index is 13.1. The van der Waals surface area contributed by atoms with Crippen molar-refractivity contribution in [1.29, 1.82) is 0 Å². The fraction of sp³-hybridized carbons (Fsp3) is 0.625. The van der Waals surface area contributed by atoms with Gasteiger partial charge in [-0.05, 0) is 32.0 Å². The predicted octanol–water partition coefficient (Wildman–Crippen LogP) is 2.63. The number of rotatable bonds is 13. The molecule has 7 nitrogen and oxygen atoms in total. The van der Waals surface area contributed by atoms with Crippen molar-refractivity contribution in [3.63, 3.8) is 0 Å². The van der Waals surface area contributed by atoms with E-state index in [-0.39, 0.29) is 13.2 Å². The lowest BCUT2D eigenvalue weighted by Crippen LogP contribution is -2.17. The maximum atomic E-state index is 13.1. The lowest BCUT2D eigenvalue weighted by atomic mass is 10.3. The predicted molar refractivity (Wildman–Crippen MR) is 91.7 cm³/mol. The molecule has 0 spiro atoms. The molecule has 0 aliphatic carbocycles. The van der Waals surface area contributed by atoms with Gasteiger partial charge in [0.1, 0.15) is 30.0 Å². The van der Waals surface area contributed by atoms with Gasteiger partial charge in [0.15, 0.2) is 0 Å². The van der Waals surface area contributed by atoms with E-state index in [1.807, 2.05) is 0 Å². The topological polar surface area (TPSA) is 72.5 Å². The second-order valence-electron chi connectivity index (χ2n) is 4.65. The minimum absolute atomic E-state index is 0.254. The minimum Gasteiger partial charge on any atom is -0.491 e. The Kier molecular flexibility index (Phi) is 9.98. The van der Waals surface area contributed by atoms with Crippen molar-refractivity contribution in [2.24, 2.45) is 0 Å². The average Bonchev–Trinajstić information content (AvgIpc) is 2.56. The SMILES string of the molecule is CCOP(=O)(OCC)c1cc(OCCOC)ccc1OCCOC. The van der Waals surface area contributed by atoms with Crippen LogP contribution in [0.5, 0.6) is 11.5 Å². The van der Waals surface area contributed by atoms with Crippen molar-refractivity contribution >= 4 is 12.9 Å². The van der Waals surface area contributed by atoms with Crippen molar-refractivity contribution in [2.75, 3.05) is 53.9 Å². The Morgan fingerprint density at radius 3 is 2.00 bits per heavy atom. The second kappa shape index (κ2) is 11.4. The zero-order valence-corrected chi connectivity index (χ0v) is 15.7. The minimum atomic E-state index is -3.50. The molecular weight excluding hydrogens is 335 g/mol. The van der Waals surface area contributed by atoms with Crippen LogP contribution < -0.4 is 14.8 Å². The van der Waals surface area contributed by atoms with Crippen LogP contribution in [0.1, 0.15) is 13.8 Å². The van der Waals surface area contributed by atoms with Crippen LogP contribution in [0.4, 0.5) is 0 Å². The largest absolute Gasteiger partial charge is 0.491 e. The van der Waals surface area contributed by atoms with Crippen molar-refractivity contribution in [1.82, 2.24) is 0 Å². The van der Waals surface area contributed by atoms with Gasteiger partial charge in [0.2, 0.25) is 0 Å². The first-order valence-electron chi connectivity index (χ1n) is 7.88. The van der Waals surface area contributed by atoms with Crippen LogP contribution in [-0.4, -0.2) is 53.9 Å². The Morgan fingerprint density at radius 1 is 0.875 bits per heavy atom. The lowest BCUT2D eigenvalue weighted by Gasteiger charge is -2.21. The molecule has 1 rings (SSSR count). The van der Waals surface area contributed by atoms with Gasteiger partial charge < -0.3 is 28.0 Å². The summed E-state index contributed by atoms with van der Waals surface area (Å²) in [6, 6.07) is 5.06. The lowest BCUT2D eigenvalue weighted by molar-refractivity contribution is 0.144. The first-order chi connectivity index (χ1) is 11.6. The van der Waals surface area contributed by atoms with Crippen LogP contribution in [-0.2, 0) is 23.1 Å². The zero-order valence-electron chi connectivity index (χ0n) is 14.8. The second-order valence-corrected chi connectivity index (χ2v) is 6.64. The van der Waals surface area contributed by atoms with Crippen LogP contribution >= 0.6 is 7.60 Å². The Hall–Kier alpha value is -1.11. The first kappa shape index (κ1) is 20.9. The summed E-state index contributed by atoms with van der Waals surface area (Å²) in [6.45, 7) is 5.60. The molecule has 138 valence electrons. The third-order valence-corrected chi connectivity index (χ3v) is 5.06. The van der Waals surface area contributed by atoms with Crippen LogP contribution in [0, 0.1) is 0 Å². The van der Waals surface area contributed by atoms with Crippen LogP contribution in [0.2, 0.25) is 0 Å². The molecule has 0 bridgehead atoms. The molecule has 0 radical (unpaired) electrons. The van der Waals surface area contributed by atoms with Gasteiger partial charge in [-0.15, -0.1) is 0 Å². The number of methoxy groups -OCH3 is 2. The quantitative estimate of drug-likeness (QED) is 0.394. The highest BCUT2D eigenvalue weighted by Crippen LogP contribution is 2.49. The normalized spacial score (nSPS) is 11.5. The summed E-state index contributed by atoms with van der Waals surface area (Å²) < 4.78 is 45.1. The summed E-state index contributed by atoms with van der Waals surface area (Å²) in [5.41, 5.74) is 0. The summed E-state index contributed by atoms with van der Waals surface area (Å²) in [6.07, 6.45) is 0.